The Balaban J connectivity index is 3.04. The molecule has 0 saturated heterocycles. The summed E-state index contributed by atoms with van der Waals surface area (Å²) in [5.74, 6) is -0.177. The van der Waals surface area contributed by atoms with Crippen molar-refractivity contribution in [1.29, 1.82) is 0 Å². The minimum Gasteiger partial charge on any atom is -0.462 e. The molecule has 0 aliphatic carbocycles. The average molecular weight is 366 g/mol. The largest absolute Gasteiger partial charge is 0.462 e. The van der Waals surface area contributed by atoms with Crippen LogP contribution in [0.25, 0.3) is 0 Å². The number of nitrogens with one attached hydrogen (secondary N) is 1. The smallest absolute Gasteiger partial charge is 0.341 e. The van der Waals surface area contributed by atoms with Crippen molar-refractivity contribution in [2.75, 3.05) is 11.9 Å². The highest BCUT2D eigenvalue weighted by Gasteiger charge is 2.26. The second-order valence-electron chi connectivity index (χ2n) is 7.58. The Hall–Kier alpha value is -1.62. The molecule has 0 aliphatic heterocycles. The van der Waals surface area contributed by atoms with Gasteiger partial charge in [0.2, 0.25) is 5.91 Å². The van der Waals surface area contributed by atoms with E-state index in [0.29, 0.717) is 23.1 Å². The second-order valence-corrected chi connectivity index (χ2v) is 8.66. The lowest BCUT2D eigenvalue weighted by molar-refractivity contribution is -0.123. The third-order valence-electron chi connectivity index (χ3n) is 3.79. The molecule has 1 heterocycles. The molecule has 1 aromatic rings. The predicted octanol–water partition coefficient (Wildman–Crippen LogP) is 5.76. The van der Waals surface area contributed by atoms with Crippen molar-refractivity contribution >= 4 is 28.2 Å². The molecule has 0 radical (unpaired) electrons. The van der Waals surface area contributed by atoms with Gasteiger partial charge in [0.1, 0.15) is 5.00 Å². The maximum atomic E-state index is 12.3. The fraction of sp³-hybridized carbons (Fsp3) is 0.600. The molecule has 4 nitrogen and oxygen atoms in total. The molecule has 1 amide bonds. The van der Waals surface area contributed by atoms with Gasteiger partial charge in [-0.2, -0.15) is 0 Å². The number of esters is 1. The number of thiophene rings is 1. The number of allylic oxidation sites excluding steroid dienone is 2. The first kappa shape index (κ1) is 21.4. The van der Waals surface area contributed by atoms with Crippen molar-refractivity contribution in [1.82, 2.24) is 0 Å². The molecule has 0 aromatic carbocycles. The molecule has 0 fully saturated rings. The van der Waals surface area contributed by atoms with E-state index in [-0.39, 0.29) is 11.9 Å². The van der Waals surface area contributed by atoms with Crippen LogP contribution in [0.4, 0.5) is 5.00 Å². The summed E-state index contributed by atoms with van der Waals surface area (Å²) in [6, 6.07) is 1.87. The van der Waals surface area contributed by atoms with E-state index in [0.717, 1.165) is 17.7 Å². The zero-order valence-electron chi connectivity index (χ0n) is 16.5. The lowest BCUT2D eigenvalue weighted by Gasteiger charge is -2.17. The van der Waals surface area contributed by atoms with E-state index in [1.165, 1.54) is 16.9 Å². The molecule has 1 atom stereocenters. The van der Waals surface area contributed by atoms with Gasteiger partial charge in [0.25, 0.3) is 0 Å². The van der Waals surface area contributed by atoms with Gasteiger partial charge in [0, 0.05) is 10.3 Å². The first-order valence-corrected chi connectivity index (χ1v) is 9.63. The third kappa shape index (κ3) is 6.65. The van der Waals surface area contributed by atoms with Gasteiger partial charge in [-0.15, -0.1) is 11.3 Å². The Morgan fingerprint density at radius 3 is 2.48 bits per heavy atom. The van der Waals surface area contributed by atoms with Gasteiger partial charge in [-0.05, 0) is 45.6 Å². The maximum absolute atomic E-state index is 12.3. The number of amides is 1. The van der Waals surface area contributed by atoms with Crippen LogP contribution in [0, 0.1) is 5.41 Å². The summed E-state index contributed by atoms with van der Waals surface area (Å²) in [5.41, 5.74) is 1.24. The number of anilines is 1. The van der Waals surface area contributed by atoms with Crippen LogP contribution in [0.15, 0.2) is 17.7 Å². The summed E-state index contributed by atoms with van der Waals surface area (Å²) >= 11 is 1.47. The van der Waals surface area contributed by atoms with E-state index in [9.17, 15) is 9.59 Å². The number of rotatable bonds is 7. The number of hydrogen-bond donors (Lipinski definition) is 1. The van der Waals surface area contributed by atoms with E-state index in [4.69, 9.17) is 4.74 Å². The zero-order chi connectivity index (χ0) is 19.2. The topological polar surface area (TPSA) is 55.4 Å². The van der Waals surface area contributed by atoms with Crippen molar-refractivity contribution in [3.8, 4) is 0 Å². The van der Waals surface area contributed by atoms with Gasteiger partial charge in [-0.1, -0.05) is 39.3 Å². The molecule has 0 unspecified atom stereocenters. The molecule has 1 rings (SSSR count). The first-order chi connectivity index (χ1) is 11.6. The van der Waals surface area contributed by atoms with Gasteiger partial charge in [-0.25, -0.2) is 4.79 Å². The lowest BCUT2D eigenvalue weighted by atomic mass is 9.96. The first-order valence-electron chi connectivity index (χ1n) is 8.81. The lowest BCUT2D eigenvalue weighted by Crippen LogP contribution is -2.27. The van der Waals surface area contributed by atoms with Crippen molar-refractivity contribution in [2.45, 2.75) is 67.2 Å². The summed E-state index contributed by atoms with van der Waals surface area (Å²) in [6.07, 6.45) is 4.22. The Morgan fingerprint density at radius 1 is 1.32 bits per heavy atom. The van der Waals surface area contributed by atoms with E-state index >= 15 is 0 Å². The highest BCUT2D eigenvalue weighted by molar-refractivity contribution is 7.16. The van der Waals surface area contributed by atoms with E-state index in [1.54, 1.807) is 6.92 Å². The number of carbonyl (C=O) groups is 2. The average Bonchev–Trinajstić information content (AvgIpc) is 2.90. The van der Waals surface area contributed by atoms with Crippen LogP contribution < -0.4 is 5.32 Å². The standard InChI is InChI=1S/C20H31NO3S/c1-8-24-18(22)15-12-16(14(4)11-9-10-13(2)3)25-17(15)21-19(23)20(5,6)7/h10,12,14H,8-9,11H2,1-7H3,(H,21,23)/t14-/m0/s1. The van der Waals surface area contributed by atoms with Crippen molar-refractivity contribution < 1.29 is 14.3 Å². The van der Waals surface area contributed by atoms with Crippen molar-refractivity contribution in [3.63, 3.8) is 0 Å². The number of hydrogen-bond acceptors (Lipinski definition) is 4. The molecule has 0 saturated carbocycles. The van der Waals surface area contributed by atoms with Crippen LogP contribution in [-0.2, 0) is 9.53 Å². The molecule has 140 valence electrons. The Kier molecular flexibility index (Phi) is 7.87. The van der Waals surface area contributed by atoms with Crippen LogP contribution >= 0.6 is 11.3 Å². The maximum Gasteiger partial charge on any atom is 0.341 e. The Labute approximate surface area is 155 Å². The minimum atomic E-state index is -0.523. The van der Waals surface area contributed by atoms with E-state index in [2.05, 4.69) is 32.2 Å². The Bertz CT molecular complexity index is 634. The van der Waals surface area contributed by atoms with Gasteiger partial charge in [-0.3, -0.25) is 4.79 Å². The van der Waals surface area contributed by atoms with Crippen molar-refractivity contribution in [3.05, 3.63) is 28.2 Å². The van der Waals surface area contributed by atoms with Crippen LogP contribution in [0.5, 0.6) is 0 Å². The highest BCUT2D eigenvalue weighted by Crippen LogP contribution is 2.36. The molecule has 1 N–H and O–H groups in total. The zero-order valence-corrected chi connectivity index (χ0v) is 17.3. The predicted molar refractivity (Wildman–Crippen MR) is 105 cm³/mol. The van der Waals surface area contributed by atoms with Gasteiger partial charge in [0.05, 0.1) is 12.2 Å². The molecule has 0 aliphatic rings. The van der Waals surface area contributed by atoms with Crippen LogP contribution in [0.1, 0.15) is 82.5 Å². The molecule has 0 spiro atoms. The molecular weight excluding hydrogens is 334 g/mol. The molecule has 0 bridgehead atoms. The summed E-state index contributed by atoms with van der Waals surface area (Å²) in [6.45, 7) is 14.0. The van der Waals surface area contributed by atoms with Gasteiger partial charge in [0.15, 0.2) is 0 Å². The van der Waals surface area contributed by atoms with E-state index in [1.807, 2.05) is 26.8 Å². The summed E-state index contributed by atoms with van der Waals surface area (Å²) in [4.78, 5) is 25.7. The fourth-order valence-electron chi connectivity index (χ4n) is 2.16. The Morgan fingerprint density at radius 2 is 1.96 bits per heavy atom. The van der Waals surface area contributed by atoms with Crippen LogP contribution in [0.2, 0.25) is 0 Å². The van der Waals surface area contributed by atoms with Gasteiger partial charge >= 0.3 is 5.97 Å². The molecule has 5 heteroatoms. The monoisotopic (exact) mass is 365 g/mol. The fourth-order valence-corrected chi connectivity index (χ4v) is 3.29. The summed E-state index contributed by atoms with van der Waals surface area (Å²) in [7, 11) is 0. The number of carbonyl (C=O) groups excluding carboxylic acids is 2. The summed E-state index contributed by atoms with van der Waals surface area (Å²) in [5, 5.41) is 3.49. The van der Waals surface area contributed by atoms with Crippen LogP contribution in [0.3, 0.4) is 0 Å². The molecular formula is C20H31NO3S. The van der Waals surface area contributed by atoms with Crippen molar-refractivity contribution in [2.24, 2.45) is 5.41 Å². The minimum absolute atomic E-state index is 0.108. The van der Waals surface area contributed by atoms with Crippen LogP contribution in [-0.4, -0.2) is 18.5 Å². The summed E-state index contributed by atoms with van der Waals surface area (Å²) < 4.78 is 5.15. The highest BCUT2D eigenvalue weighted by atomic mass is 32.1. The van der Waals surface area contributed by atoms with E-state index < -0.39 is 5.41 Å². The normalized spacial score (nSPS) is 12.4. The SMILES string of the molecule is CCOC(=O)c1cc([C@@H](C)CCC=C(C)C)sc1NC(=O)C(C)(C)C. The second kappa shape index (κ2) is 9.18. The molecule has 1 aromatic heterocycles. The van der Waals surface area contributed by atoms with Gasteiger partial charge < -0.3 is 10.1 Å². The third-order valence-corrected chi connectivity index (χ3v) is 5.07. The molecule has 25 heavy (non-hydrogen) atoms. The quantitative estimate of drug-likeness (QED) is 0.494. The number of ether oxygens (including phenoxy) is 1.